The summed E-state index contributed by atoms with van der Waals surface area (Å²) in [5.74, 6) is 0.504. The molecule has 23 heavy (non-hydrogen) atoms. The number of hydrogen-bond donors (Lipinski definition) is 4. The molecule has 2 aliphatic heterocycles. The number of piperidine rings is 1. The summed E-state index contributed by atoms with van der Waals surface area (Å²) < 4.78 is 0. The molecular formula is C17H29N5O. The van der Waals surface area contributed by atoms with Gasteiger partial charge in [0.05, 0.1) is 0 Å². The van der Waals surface area contributed by atoms with Crippen LogP contribution in [0.15, 0.2) is 23.4 Å². The van der Waals surface area contributed by atoms with E-state index in [4.69, 9.17) is 0 Å². The fourth-order valence-corrected chi connectivity index (χ4v) is 4.00. The molecule has 2 fully saturated rings. The highest BCUT2D eigenvalue weighted by Gasteiger charge is 2.34. The Balaban J connectivity index is 1.76. The van der Waals surface area contributed by atoms with Gasteiger partial charge in [0, 0.05) is 50.5 Å². The summed E-state index contributed by atoms with van der Waals surface area (Å²) in [4.78, 5) is 14.0. The maximum absolute atomic E-state index is 12.1. The molecule has 0 radical (unpaired) electrons. The highest BCUT2D eigenvalue weighted by Crippen LogP contribution is 2.36. The summed E-state index contributed by atoms with van der Waals surface area (Å²) in [6.07, 6.45) is 7.73. The normalized spacial score (nSPS) is 32.3. The molecule has 2 heterocycles. The SMILES string of the molecule is CCN(C(=O)NC)C1=CCC2NCC/C(=C\C3CNCN3)C2C1. The van der Waals surface area contributed by atoms with Crippen LogP contribution in [0.25, 0.3) is 0 Å². The summed E-state index contributed by atoms with van der Waals surface area (Å²) in [6.45, 7) is 5.71. The lowest BCUT2D eigenvalue weighted by atomic mass is 9.77. The van der Waals surface area contributed by atoms with Crippen molar-refractivity contribution < 1.29 is 4.79 Å². The van der Waals surface area contributed by atoms with Crippen molar-refractivity contribution >= 4 is 6.03 Å². The van der Waals surface area contributed by atoms with Gasteiger partial charge in [-0.1, -0.05) is 17.7 Å². The second-order valence-corrected chi connectivity index (χ2v) is 6.53. The van der Waals surface area contributed by atoms with Gasteiger partial charge >= 0.3 is 6.03 Å². The van der Waals surface area contributed by atoms with Crippen LogP contribution in [0.4, 0.5) is 4.79 Å². The summed E-state index contributed by atoms with van der Waals surface area (Å²) in [6, 6.07) is 0.948. The predicted octanol–water partition coefficient (Wildman–Crippen LogP) is 0.749. The molecule has 128 valence electrons. The molecule has 0 aromatic rings. The van der Waals surface area contributed by atoms with Crippen molar-refractivity contribution in [2.45, 2.75) is 38.3 Å². The number of nitrogens with one attached hydrogen (secondary N) is 4. The molecule has 2 amide bonds. The molecule has 3 aliphatic rings. The monoisotopic (exact) mass is 319 g/mol. The smallest absolute Gasteiger partial charge is 0.321 e. The second kappa shape index (κ2) is 7.47. The van der Waals surface area contributed by atoms with Crippen molar-refractivity contribution in [1.29, 1.82) is 0 Å². The number of hydrogen-bond acceptors (Lipinski definition) is 4. The highest BCUT2D eigenvalue weighted by atomic mass is 16.2. The van der Waals surface area contributed by atoms with Gasteiger partial charge in [-0.3, -0.25) is 10.2 Å². The molecule has 3 rings (SSSR count). The second-order valence-electron chi connectivity index (χ2n) is 6.53. The zero-order valence-electron chi connectivity index (χ0n) is 14.2. The van der Waals surface area contributed by atoms with Crippen LogP contribution in [0.5, 0.6) is 0 Å². The maximum atomic E-state index is 12.1. The number of rotatable bonds is 3. The van der Waals surface area contributed by atoms with Crippen molar-refractivity contribution in [3.8, 4) is 0 Å². The molecule has 0 aromatic carbocycles. The fourth-order valence-electron chi connectivity index (χ4n) is 4.00. The van der Waals surface area contributed by atoms with Crippen molar-refractivity contribution in [1.82, 2.24) is 26.2 Å². The Morgan fingerprint density at radius 2 is 2.35 bits per heavy atom. The average molecular weight is 319 g/mol. The Morgan fingerprint density at radius 1 is 1.48 bits per heavy atom. The third kappa shape index (κ3) is 3.59. The van der Waals surface area contributed by atoms with E-state index in [9.17, 15) is 4.79 Å². The number of urea groups is 1. The molecule has 1 aliphatic carbocycles. The molecule has 0 spiro atoms. The first-order valence-corrected chi connectivity index (χ1v) is 8.79. The summed E-state index contributed by atoms with van der Waals surface area (Å²) in [7, 11) is 1.70. The lowest BCUT2D eigenvalue weighted by Gasteiger charge is -2.40. The van der Waals surface area contributed by atoms with Crippen LogP contribution in [0.2, 0.25) is 0 Å². The number of carbonyl (C=O) groups is 1. The standard InChI is InChI=1S/C17H29N5O/c1-3-22(17(23)18-2)14-4-5-16-15(9-14)12(6-7-20-16)8-13-10-19-11-21-13/h4,8,13,15-16,19-21H,3,5-7,9-11H2,1-2H3,(H,18,23)/b12-8+. The first-order chi connectivity index (χ1) is 11.2. The lowest BCUT2D eigenvalue weighted by molar-refractivity contribution is 0.208. The third-order valence-corrected chi connectivity index (χ3v) is 5.21. The summed E-state index contributed by atoms with van der Waals surface area (Å²) in [5.41, 5.74) is 2.72. The maximum Gasteiger partial charge on any atom is 0.321 e. The summed E-state index contributed by atoms with van der Waals surface area (Å²) in [5, 5.41) is 13.2. The number of nitrogens with zero attached hydrogens (tertiary/aromatic N) is 1. The number of allylic oxidation sites excluding steroid dienone is 1. The van der Waals surface area contributed by atoms with Crippen LogP contribution in [0.3, 0.4) is 0 Å². The lowest BCUT2D eigenvalue weighted by Crippen LogP contribution is -2.47. The minimum atomic E-state index is -0.00634. The van der Waals surface area contributed by atoms with E-state index in [0.717, 1.165) is 39.0 Å². The Kier molecular flexibility index (Phi) is 5.35. The molecule has 0 bridgehead atoms. The van der Waals surface area contributed by atoms with Gasteiger partial charge in [-0.15, -0.1) is 0 Å². The van der Waals surface area contributed by atoms with Gasteiger partial charge in [0.15, 0.2) is 0 Å². The van der Waals surface area contributed by atoms with E-state index in [0.29, 0.717) is 24.5 Å². The van der Waals surface area contributed by atoms with Crippen molar-refractivity contribution in [3.05, 3.63) is 23.4 Å². The van der Waals surface area contributed by atoms with E-state index >= 15 is 0 Å². The van der Waals surface area contributed by atoms with Gasteiger partial charge in [-0.25, -0.2) is 4.79 Å². The quantitative estimate of drug-likeness (QED) is 0.580. The summed E-state index contributed by atoms with van der Waals surface area (Å²) >= 11 is 0. The zero-order chi connectivity index (χ0) is 16.2. The van der Waals surface area contributed by atoms with Gasteiger partial charge in [0.2, 0.25) is 0 Å². The number of fused-ring (bicyclic) bond motifs is 1. The Bertz CT molecular complexity index is 495. The van der Waals surface area contributed by atoms with Crippen molar-refractivity contribution in [3.63, 3.8) is 0 Å². The van der Waals surface area contributed by atoms with Crippen LogP contribution in [0, 0.1) is 5.92 Å². The largest absolute Gasteiger partial charge is 0.341 e. The van der Waals surface area contributed by atoms with Crippen molar-refractivity contribution in [2.75, 3.05) is 33.4 Å². The molecular weight excluding hydrogens is 290 g/mol. The molecule has 6 nitrogen and oxygen atoms in total. The predicted molar refractivity (Wildman–Crippen MR) is 91.9 cm³/mol. The Hall–Kier alpha value is -1.37. The first-order valence-electron chi connectivity index (χ1n) is 8.79. The Morgan fingerprint density at radius 3 is 3.04 bits per heavy atom. The first kappa shape index (κ1) is 16.5. The molecule has 0 saturated carbocycles. The fraction of sp³-hybridized carbons (Fsp3) is 0.706. The van der Waals surface area contributed by atoms with Gasteiger partial charge in [0.1, 0.15) is 0 Å². The molecule has 3 atom stereocenters. The molecule has 4 N–H and O–H groups in total. The molecule has 3 unspecified atom stereocenters. The minimum absolute atomic E-state index is 0.00634. The average Bonchev–Trinajstić information content (AvgIpc) is 3.09. The van der Waals surface area contributed by atoms with Crippen LogP contribution in [-0.2, 0) is 0 Å². The number of carbonyl (C=O) groups excluding carboxylic acids is 1. The zero-order valence-corrected chi connectivity index (χ0v) is 14.2. The van der Waals surface area contributed by atoms with E-state index < -0.39 is 0 Å². The van der Waals surface area contributed by atoms with E-state index in [1.807, 2.05) is 11.8 Å². The molecule has 6 heteroatoms. The third-order valence-electron chi connectivity index (χ3n) is 5.21. The van der Waals surface area contributed by atoms with E-state index in [2.05, 4.69) is 33.4 Å². The van der Waals surface area contributed by atoms with Crippen LogP contribution < -0.4 is 21.3 Å². The topological polar surface area (TPSA) is 68.4 Å². The number of amides is 2. The van der Waals surface area contributed by atoms with E-state index in [-0.39, 0.29) is 6.03 Å². The van der Waals surface area contributed by atoms with Crippen LogP contribution in [-0.4, -0.2) is 56.4 Å². The van der Waals surface area contributed by atoms with Crippen molar-refractivity contribution in [2.24, 2.45) is 5.92 Å². The van der Waals surface area contributed by atoms with Gasteiger partial charge in [-0.2, -0.15) is 0 Å². The van der Waals surface area contributed by atoms with Gasteiger partial charge in [0.25, 0.3) is 0 Å². The van der Waals surface area contributed by atoms with E-state index in [1.165, 1.54) is 5.70 Å². The van der Waals surface area contributed by atoms with Crippen LogP contribution in [0.1, 0.15) is 26.2 Å². The molecule has 2 saturated heterocycles. The Labute approximate surface area is 138 Å². The molecule has 0 aromatic heterocycles. The minimum Gasteiger partial charge on any atom is -0.341 e. The van der Waals surface area contributed by atoms with Gasteiger partial charge < -0.3 is 16.0 Å². The van der Waals surface area contributed by atoms with E-state index in [1.54, 1.807) is 12.6 Å². The van der Waals surface area contributed by atoms with Gasteiger partial charge in [-0.05, 0) is 32.7 Å². The van der Waals surface area contributed by atoms with Crippen LogP contribution >= 0.6 is 0 Å². The highest BCUT2D eigenvalue weighted by molar-refractivity contribution is 5.75.